The van der Waals surface area contributed by atoms with Gasteiger partial charge in [-0.2, -0.15) is 0 Å². The Morgan fingerprint density at radius 2 is 1.83 bits per heavy atom. The predicted molar refractivity (Wildman–Crippen MR) is 69.2 cm³/mol. The van der Waals surface area contributed by atoms with Crippen LogP contribution in [-0.4, -0.2) is 5.11 Å². The standard InChI is InChI=1S/C13H11ClF2OS/c1-6-3-4-8(11(16)10(6)15)12(17)13-9(14)7(2)5-18-13/h3-5,12,17H,1-2H3. The number of halogens is 3. The van der Waals surface area contributed by atoms with Gasteiger partial charge in [0.1, 0.15) is 6.10 Å². The average Bonchev–Trinajstić information content (AvgIpc) is 2.67. The number of thiophene rings is 1. The molecule has 2 rings (SSSR count). The van der Waals surface area contributed by atoms with Crippen molar-refractivity contribution in [2.45, 2.75) is 20.0 Å². The highest BCUT2D eigenvalue weighted by atomic mass is 35.5. The second-order valence-corrected chi connectivity index (χ2v) is 5.39. The van der Waals surface area contributed by atoms with Gasteiger partial charge in [0.15, 0.2) is 11.6 Å². The highest BCUT2D eigenvalue weighted by Gasteiger charge is 2.22. The van der Waals surface area contributed by atoms with Gasteiger partial charge in [0.2, 0.25) is 0 Å². The molecule has 0 aliphatic heterocycles. The Hall–Kier alpha value is -0.970. The van der Waals surface area contributed by atoms with Crippen molar-refractivity contribution in [2.24, 2.45) is 0 Å². The Morgan fingerprint density at radius 1 is 1.17 bits per heavy atom. The van der Waals surface area contributed by atoms with Crippen molar-refractivity contribution in [3.8, 4) is 0 Å². The molecule has 1 heterocycles. The Bertz CT molecular complexity index is 595. The van der Waals surface area contributed by atoms with E-state index in [0.29, 0.717) is 9.90 Å². The lowest BCUT2D eigenvalue weighted by Gasteiger charge is -2.12. The van der Waals surface area contributed by atoms with E-state index in [0.717, 1.165) is 5.56 Å². The molecule has 1 atom stereocenters. The van der Waals surface area contributed by atoms with Crippen molar-refractivity contribution < 1.29 is 13.9 Å². The van der Waals surface area contributed by atoms with E-state index in [1.165, 1.54) is 30.4 Å². The fraction of sp³-hybridized carbons (Fsp3) is 0.231. The van der Waals surface area contributed by atoms with Gasteiger partial charge in [0.05, 0.1) is 9.90 Å². The average molecular weight is 289 g/mol. The molecule has 0 spiro atoms. The van der Waals surface area contributed by atoms with Crippen LogP contribution in [0.1, 0.15) is 27.7 Å². The summed E-state index contributed by atoms with van der Waals surface area (Å²) >= 11 is 7.24. The van der Waals surface area contributed by atoms with Crippen molar-refractivity contribution in [3.63, 3.8) is 0 Å². The lowest BCUT2D eigenvalue weighted by atomic mass is 10.0. The second kappa shape index (κ2) is 4.96. The number of aliphatic hydroxyl groups excluding tert-OH is 1. The lowest BCUT2D eigenvalue weighted by molar-refractivity contribution is 0.217. The van der Waals surface area contributed by atoms with E-state index in [1.807, 2.05) is 0 Å². The van der Waals surface area contributed by atoms with Crippen LogP contribution in [0.25, 0.3) is 0 Å². The van der Waals surface area contributed by atoms with E-state index in [2.05, 4.69) is 0 Å². The summed E-state index contributed by atoms with van der Waals surface area (Å²) in [6, 6.07) is 2.81. The van der Waals surface area contributed by atoms with Gasteiger partial charge in [0.25, 0.3) is 0 Å². The van der Waals surface area contributed by atoms with Crippen molar-refractivity contribution in [2.75, 3.05) is 0 Å². The molecule has 5 heteroatoms. The molecule has 1 aromatic carbocycles. The molecule has 0 saturated heterocycles. The molecule has 1 aromatic heterocycles. The van der Waals surface area contributed by atoms with Crippen LogP contribution in [0.15, 0.2) is 17.5 Å². The molecule has 0 fully saturated rings. The number of rotatable bonds is 2. The maximum atomic E-state index is 13.8. The normalized spacial score (nSPS) is 12.8. The van der Waals surface area contributed by atoms with E-state index in [-0.39, 0.29) is 11.1 Å². The maximum absolute atomic E-state index is 13.8. The fourth-order valence-corrected chi connectivity index (χ4v) is 2.95. The Morgan fingerprint density at radius 3 is 2.39 bits per heavy atom. The second-order valence-electron chi connectivity index (χ2n) is 4.10. The topological polar surface area (TPSA) is 20.2 Å². The summed E-state index contributed by atoms with van der Waals surface area (Å²) in [6.07, 6.45) is -1.24. The summed E-state index contributed by atoms with van der Waals surface area (Å²) in [6.45, 7) is 3.26. The molecule has 0 radical (unpaired) electrons. The van der Waals surface area contributed by atoms with Crippen LogP contribution in [0, 0.1) is 25.5 Å². The first kappa shape index (κ1) is 13.5. The zero-order chi connectivity index (χ0) is 13.4. The number of benzene rings is 1. The predicted octanol–water partition coefficient (Wildman–Crippen LogP) is 4.38. The summed E-state index contributed by atoms with van der Waals surface area (Å²) < 4.78 is 27.2. The summed E-state index contributed by atoms with van der Waals surface area (Å²) in [5.74, 6) is -1.96. The Kier molecular flexibility index (Phi) is 3.71. The first-order valence-corrected chi connectivity index (χ1v) is 6.55. The molecule has 0 amide bonds. The molecule has 0 aliphatic carbocycles. The van der Waals surface area contributed by atoms with E-state index >= 15 is 0 Å². The molecule has 0 aliphatic rings. The number of hydrogen-bond acceptors (Lipinski definition) is 2. The highest BCUT2D eigenvalue weighted by Crippen LogP contribution is 2.36. The molecule has 0 saturated carbocycles. The zero-order valence-electron chi connectivity index (χ0n) is 9.80. The van der Waals surface area contributed by atoms with Gasteiger partial charge in [-0.1, -0.05) is 23.7 Å². The van der Waals surface area contributed by atoms with Crippen molar-refractivity contribution >= 4 is 22.9 Å². The molecule has 18 heavy (non-hydrogen) atoms. The zero-order valence-corrected chi connectivity index (χ0v) is 11.4. The minimum atomic E-state index is -1.24. The lowest BCUT2D eigenvalue weighted by Crippen LogP contribution is -2.04. The van der Waals surface area contributed by atoms with Gasteiger partial charge in [-0.05, 0) is 30.4 Å². The van der Waals surface area contributed by atoms with Gasteiger partial charge in [-0.3, -0.25) is 0 Å². The molecule has 1 N–H and O–H groups in total. The van der Waals surface area contributed by atoms with Crippen LogP contribution in [0.2, 0.25) is 5.02 Å². The third kappa shape index (κ3) is 2.16. The SMILES string of the molecule is Cc1ccc(C(O)c2scc(C)c2Cl)c(F)c1F. The Balaban J connectivity index is 2.50. The summed E-state index contributed by atoms with van der Waals surface area (Å²) in [5, 5.41) is 12.3. The molecule has 1 unspecified atom stereocenters. The van der Waals surface area contributed by atoms with Gasteiger partial charge in [0, 0.05) is 5.56 Å². The van der Waals surface area contributed by atoms with Crippen molar-refractivity contribution in [3.05, 3.63) is 55.7 Å². The van der Waals surface area contributed by atoms with Crippen LogP contribution in [0.5, 0.6) is 0 Å². The molecule has 1 nitrogen and oxygen atoms in total. The van der Waals surface area contributed by atoms with Crippen LogP contribution in [0.4, 0.5) is 8.78 Å². The summed E-state index contributed by atoms with van der Waals surface area (Å²) in [7, 11) is 0. The molecule has 2 aromatic rings. The smallest absolute Gasteiger partial charge is 0.165 e. The largest absolute Gasteiger partial charge is 0.383 e. The van der Waals surface area contributed by atoms with E-state index < -0.39 is 17.7 Å². The minimum Gasteiger partial charge on any atom is -0.383 e. The van der Waals surface area contributed by atoms with Gasteiger partial charge in [-0.25, -0.2) is 8.78 Å². The van der Waals surface area contributed by atoms with Crippen LogP contribution < -0.4 is 0 Å². The Labute approximate surface area is 113 Å². The van der Waals surface area contributed by atoms with Crippen molar-refractivity contribution in [1.29, 1.82) is 0 Å². The minimum absolute atomic E-state index is 0.0955. The van der Waals surface area contributed by atoms with Crippen molar-refractivity contribution in [1.82, 2.24) is 0 Å². The molecule has 0 bridgehead atoms. The molecule has 96 valence electrons. The van der Waals surface area contributed by atoms with E-state index in [4.69, 9.17) is 11.6 Å². The van der Waals surface area contributed by atoms with E-state index in [9.17, 15) is 13.9 Å². The van der Waals surface area contributed by atoms with Crippen LogP contribution in [0.3, 0.4) is 0 Å². The third-order valence-electron chi connectivity index (χ3n) is 2.77. The highest BCUT2D eigenvalue weighted by molar-refractivity contribution is 7.10. The number of hydrogen-bond donors (Lipinski definition) is 1. The quantitative estimate of drug-likeness (QED) is 0.869. The third-order valence-corrected chi connectivity index (χ3v) is 4.54. The van der Waals surface area contributed by atoms with E-state index in [1.54, 1.807) is 12.3 Å². The molecular weight excluding hydrogens is 278 g/mol. The first-order chi connectivity index (χ1) is 8.43. The van der Waals surface area contributed by atoms with Crippen LogP contribution in [-0.2, 0) is 0 Å². The summed E-state index contributed by atoms with van der Waals surface area (Å²) in [4.78, 5) is 0.427. The number of aliphatic hydroxyl groups is 1. The van der Waals surface area contributed by atoms with Gasteiger partial charge >= 0.3 is 0 Å². The summed E-state index contributed by atoms with van der Waals surface area (Å²) in [5.41, 5.74) is 0.919. The van der Waals surface area contributed by atoms with Gasteiger partial charge < -0.3 is 5.11 Å². The monoisotopic (exact) mass is 288 g/mol. The number of aryl methyl sites for hydroxylation is 2. The maximum Gasteiger partial charge on any atom is 0.165 e. The first-order valence-electron chi connectivity index (χ1n) is 5.29. The fourth-order valence-electron chi connectivity index (χ4n) is 1.65. The molecular formula is C13H11ClF2OS. The van der Waals surface area contributed by atoms with Gasteiger partial charge in [-0.15, -0.1) is 11.3 Å². The van der Waals surface area contributed by atoms with Crippen LogP contribution >= 0.6 is 22.9 Å².